The van der Waals surface area contributed by atoms with Gasteiger partial charge in [-0.1, -0.05) is 30.3 Å². The number of benzene rings is 1. The number of likely N-dealkylation sites (tertiary alicyclic amines) is 1. The Labute approximate surface area is 165 Å². The maximum Gasteiger partial charge on any atom is 0.239 e. The van der Waals surface area contributed by atoms with Gasteiger partial charge >= 0.3 is 0 Å². The second kappa shape index (κ2) is 8.06. The fourth-order valence-electron chi connectivity index (χ4n) is 4.01. The van der Waals surface area contributed by atoms with E-state index in [4.69, 9.17) is 0 Å². The summed E-state index contributed by atoms with van der Waals surface area (Å²) in [7, 11) is 1.88. The van der Waals surface area contributed by atoms with Crippen LogP contribution < -0.4 is 0 Å². The van der Waals surface area contributed by atoms with Gasteiger partial charge in [-0.05, 0) is 38.4 Å². The van der Waals surface area contributed by atoms with E-state index in [0.717, 1.165) is 43.0 Å². The number of carbonyl (C=O) groups is 1. The number of fused-ring (bicyclic) bond motifs is 1. The quantitative estimate of drug-likeness (QED) is 0.682. The molecular formula is C21H26N6O. The minimum Gasteiger partial charge on any atom is -0.340 e. The van der Waals surface area contributed by atoms with Crippen molar-refractivity contribution in [1.29, 1.82) is 0 Å². The van der Waals surface area contributed by atoms with Crippen molar-refractivity contribution in [3.63, 3.8) is 0 Å². The van der Waals surface area contributed by atoms with E-state index in [2.05, 4.69) is 32.2 Å². The molecule has 1 saturated heterocycles. The first-order valence-electron chi connectivity index (χ1n) is 9.81. The van der Waals surface area contributed by atoms with Gasteiger partial charge in [0.1, 0.15) is 5.82 Å². The van der Waals surface area contributed by atoms with Crippen LogP contribution in [0, 0.1) is 0 Å². The molecule has 1 aromatic carbocycles. The largest absolute Gasteiger partial charge is 0.340 e. The van der Waals surface area contributed by atoms with Crippen molar-refractivity contribution >= 4 is 11.6 Å². The summed E-state index contributed by atoms with van der Waals surface area (Å²) in [5, 5.41) is 8.59. The zero-order chi connectivity index (χ0) is 19.5. The standard InChI is InChI=1S/C21H26N6O/c1-16(21(28)25(2)15-17-6-4-3-5-7-17)26-11-8-18(9-12-26)20-24-23-19-14-22-10-13-27(19)20/h3-7,10,13-14,16,18H,8-9,11-12,15H2,1-2H3/t16-/m0/s1. The lowest BCUT2D eigenvalue weighted by molar-refractivity contribution is -0.136. The zero-order valence-corrected chi connectivity index (χ0v) is 16.4. The minimum atomic E-state index is -0.117. The number of piperidine rings is 1. The molecule has 0 bridgehead atoms. The van der Waals surface area contributed by atoms with Crippen LogP contribution >= 0.6 is 0 Å². The van der Waals surface area contributed by atoms with Gasteiger partial charge in [0.15, 0.2) is 5.65 Å². The van der Waals surface area contributed by atoms with Gasteiger partial charge in [-0.15, -0.1) is 10.2 Å². The molecule has 2 aromatic heterocycles. The number of carbonyl (C=O) groups excluding carboxylic acids is 1. The Kier molecular flexibility index (Phi) is 5.34. The lowest BCUT2D eigenvalue weighted by atomic mass is 9.95. The Bertz CT molecular complexity index is 932. The van der Waals surface area contributed by atoms with Crippen LogP contribution in [0.1, 0.15) is 37.1 Å². The summed E-state index contributed by atoms with van der Waals surface area (Å²) in [5.74, 6) is 1.52. The first-order valence-corrected chi connectivity index (χ1v) is 9.81. The topological polar surface area (TPSA) is 66.6 Å². The van der Waals surface area contributed by atoms with Crippen molar-refractivity contribution in [2.45, 2.75) is 38.3 Å². The van der Waals surface area contributed by atoms with Gasteiger partial charge in [-0.25, -0.2) is 0 Å². The van der Waals surface area contributed by atoms with Crippen LogP contribution in [0.15, 0.2) is 48.9 Å². The average molecular weight is 378 g/mol. The van der Waals surface area contributed by atoms with Crippen LogP contribution in [0.25, 0.3) is 5.65 Å². The van der Waals surface area contributed by atoms with Crippen molar-refractivity contribution in [2.75, 3.05) is 20.1 Å². The molecule has 7 heteroatoms. The lowest BCUT2D eigenvalue weighted by Crippen LogP contribution is -2.48. The molecule has 0 N–H and O–H groups in total. The molecule has 0 saturated carbocycles. The summed E-state index contributed by atoms with van der Waals surface area (Å²) < 4.78 is 2.02. The van der Waals surface area contributed by atoms with E-state index in [1.165, 1.54) is 0 Å². The molecular weight excluding hydrogens is 352 g/mol. The molecule has 3 heterocycles. The van der Waals surface area contributed by atoms with Crippen LogP contribution in [0.4, 0.5) is 0 Å². The molecule has 1 fully saturated rings. The Balaban J connectivity index is 1.35. The summed E-state index contributed by atoms with van der Waals surface area (Å²) in [5.41, 5.74) is 1.93. The van der Waals surface area contributed by atoms with Gasteiger partial charge in [0.05, 0.1) is 12.2 Å². The number of nitrogens with zero attached hydrogens (tertiary/aromatic N) is 6. The van der Waals surface area contributed by atoms with Crippen molar-refractivity contribution in [1.82, 2.24) is 29.4 Å². The number of amides is 1. The number of aromatic nitrogens is 4. The van der Waals surface area contributed by atoms with Crippen LogP contribution in [0.2, 0.25) is 0 Å². The fraction of sp³-hybridized carbons (Fsp3) is 0.429. The Morgan fingerprint density at radius 2 is 1.96 bits per heavy atom. The van der Waals surface area contributed by atoms with E-state index in [0.29, 0.717) is 12.5 Å². The second-order valence-corrected chi connectivity index (χ2v) is 7.53. The molecule has 0 unspecified atom stereocenters. The van der Waals surface area contributed by atoms with Crippen LogP contribution in [-0.4, -0.2) is 61.5 Å². The van der Waals surface area contributed by atoms with Crippen LogP contribution in [0.3, 0.4) is 0 Å². The molecule has 0 aliphatic carbocycles. The molecule has 0 spiro atoms. The zero-order valence-electron chi connectivity index (χ0n) is 16.4. The normalized spacial score (nSPS) is 16.9. The van der Waals surface area contributed by atoms with Gasteiger partial charge in [0, 0.05) is 31.9 Å². The van der Waals surface area contributed by atoms with Gasteiger partial charge in [-0.3, -0.25) is 19.1 Å². The summed E-state index contributed by atoms with van der Waals surface area (Å²) in [6.07, 6.45) is 7.36. The fourth-order valence-corrected chi connectivity index (χ4v) is 4.01. The lowest BCUT2D eigenvalue weighted by Gasteiger charge is -2.36. The van der Waals surface area contributed by atoms with E-state index in [1.807, 2.05) is 47.7 Å². The molecule has 7 nitrogen and oxygen atoms in total. The van der Waals surface area contributed by atoms with Gasteiger partial charge < -0.3 is 4.90 Å². The highest BCUT2D eigenvalue weighted by Crippen LogP contribution is 2.28. The highest BCUT2D eigenvalue weighted by molar-refractivity contribution is 5.81. The third-order valence-electron chi connectivity index (χ3n) is 5.68. The van der Waals surface area contributed by atoms with E-state index < -0.39 is 0 Å². The molecule has 1 atom stereocenters. The molecule has 28 heavy (non-hydrogen) atoms. The summed E-state index contributed by atoms with van der Waals surface area (Å²) >= 11 is 0. The van der Waals surface area contributed by atoms with Crippen LogP contribution in [-0.2, 0) is 11.3 Å². The highest BCUT2D eigenvalue weighted by Gasteiger charge is 2.30. The molecule has 1 aliphatic heterocycles. The van der Waals surface area contributed by atoms with Crippen molar-refractivity contribution < 1.29 is 4.79 Å². The molecule has 1 amide bonds. The van der Waals surface area contributed by atoms with Crippen molar-refractivity contribution in [3.05, 3.63) is 60.3 Å². The average Bonchev–Trinajstić information content (AvgIpc) is 3.17. The summed E-state index contributed by atoms with van der Waals surface area (Å²) in [4.78, 5) is 21.1. The smallest absolute Gasteiger partial charge is 0.239 e. The number of hydrogen-bond donors (Lipinski definition) is 0. The maximum atomic E-state index is 12.9. The maximum absolute atomic E-state index is 12.9. The van der Waals surface area contributed by atoms with Gasteiger partial charge in [0.2, 0.25) is 5.91 Å². The molecule has 4 rings (SSSR count). The summed E-state index contributed by atoms with van der Waals surface area (Å²) in [6.45, 7) is 4.43. The third-order valence-corrected chi connectivity index (χ3v) is 5.68. The molecule has 146 valence electrons. The SMILES string of the molecule is C[C@@H](C(=O)N(C)Cc1ccccc1)N1CCC(c2nnc3cnccn23)CC1. The molecule has 3 aromatic rings. The van der Waals surface area contributed by atoms with E-state index in [1.54, 1.807) is 12.4 Å². The number of likely N-dealkylation sites (N-methyl/N-ethyl adjacent to an activating group) is 1. The monoisotopic (exact) mass is 378 g/mol. The Hall–Kier alpha value is -2.80. The molecule has 1 aliphatic rings. The summed E-state index contributed by atoms with van der Waals surface area (Å²) in [6, 6.07) is 10.00. The number of rotatable bonds is 5. The number of hydrogen-bond acceptors (Lipinski definition) is 5. The first-order chi connectivity index (χ1) is 13.6. The predicted molar refractivity (Wildman–Crippen MR) is 107 cm³/mol. The predicted octanol–water partition coefficient (Wildman–Crippen LogP) is 2.35. The van der Waals surface area contributed by atoms with E-state index >= 15 is 0 Å². The highest BCUT2D eigenvalue weighted by atomic mass is 16.2. The second-order valence-electron chi connectivity index (χ2n) is 7.53. The van der Waals surface area contributed by atoms with E-state index in [9.17, 15) is 4.79 Å². The minimum absolute atomic E-state index is 0.117. The van der Waals surface area contributed by atoms with E-state index in [-0.39, 0.29) is 11.9 Å². The van der Waals surface area contributed by atoms with Crippen LogP contribution in [0.5, 0.6) is 0 Å². The van der Waals surface area contributed by atoms with Gasteiger partial charge in [-0.2, -0.15) is 0 Å². The third kappa shape index (κ3) is 3.75. The Morgan fingerprint density at radius 3 is 2.71 bits per heavy atom. The molecule has 0 radical (unpaired) electrons. The Morgan fingerprint density at radius 1 is 1.21 bits per heavy atom. The first kappa shape index (κ1) is 18.6. The van der Waals surface area contributed by atoms with Crippen molar-refractivity contribution in [3.8, 4) is 0 Å². The van der Waals surface area contributed by atoms with Gasteiger partial charge in [0.25, 0.3) is 0 Å². The van der Waals surface area contributed by atoms with Crippen molar-refractivity contribution in [2.24, 2.45) is 0 Å².